The Bertz CT molecular complexity index is 320. The summed E-state index contributed by atoms with van der Waals surface area (Å²) in [7, 11) is 1.80. The fourth-order valence-corrected chi connectivity index (χ4v) is 1.95. The van der Waals surface area contributed by atoms with E-state index in [1.807, 2.05) is 20.0 Å². The molecule has 4 nitrogen and oxygen atoms in total. The highest BCUT2D eigenvalue weighted by atomic mass is 32.2. The molecule has 1 aromatic rings. The van der Waals surface area contributed by atoms with Crippen LogP contribution in [0.4, 0.5) is 5.95 Å². The summed E-state index contributed by atoms with van der Waals surface area (Å²) in [6, 6.07) is 0. The predicted octanol–water partition coefficient (Wildman–Crippen LogP) is 1.55. The molecular formula is C10H17N3OS. The van der Waals surface area contributed by atoms with Crippen molar-refractivity contribution < 1.29 is 5.11 Å². The van der Waals surface area contributed by atoms with Crippen LogP contribution in [0.1, 0.15) is 12.5 Å². The van der Waals surface area contributed by atoms with Gasteiger partial charge in [0, 0.05) is 25.6 Å². The Morgan fingerprint density at radius 2 is 2.33 bits per heavy atom. The van der Waals surface area contributed by atoms with Gasteiger partial charge in [0.1, 0.15) is 5.03 Å². The molecule has 0 aliphatic heterocycles. The molecule has 0 fully saturated rings. The Morgan fingerprint density at radius 1 is 1.60 bits per heavy atom. The normalized spacial score (nSPS) is 12.5. The van der Waals surface area contributed by atoms with Gasteiger partial charge in [0.15, 0.2) is 0 Å². The number of rotatable bonds is 5. The zero-order valence-electron chi connectivity index (χ0n) is 9.32. The fraction of sp³-hybridized carbons (Fsp3) is 0.600. The van der Waals surface area contributed by atoms with E-state index in [0.717, 1.165) is 16.3 Å². The van der Waals surface area contributed by atoms with Gasteiger partial charge in [0.25, 0.3) is 0 Å². The first-order valence-electron chi connectivity index (χ1n) is 4.92. The van der Waals surface area contributed by atoms with Crippen LogP contribution in [0.5, 0.6) is 0 Å². The Kier molecular flexibility index (Phi) is 4.84. The quantitative estimate of drug-likeness (QED) is 0.590. The van der Waals surface area contributed by atoms with E-state index >= 15 is 0 Å². The van der Waals surface area contributed by atoms with Crippen LogP contribution in [-0.4, -0.2) is 34.5 Å². The number of aryl methyl sites for hydroxylation is 1. The van der Waals surface area contributed by atoms with Gasteiger partial charge in [-0.2, -0.15) is 0 Å². The van der Waals surface area contributed by atoms with Gasteiger partial charge >= 0.3 is 0 Å². The molecule has 0 aliphatic rings. The maximum absolute atomic E-state index is 8.92. The lowest BCUT2D eigenvalue weighted by Crippen LogP contribution is -2.05. The fourth-order valence-electron chi connectivity index (χ4n) is 0.967. The van der Waals surface area contributed by atoms with E-state index < -0.39 is 0 Å². The summed E-state index contributed by atoms with van der Waals surface area (Å²) >= 11 is 1.66. The van der Waals surface area contributed by atoms with Gasteiger partial charge in [-0.05, 0) is 18.4 Å². The molecule has 1 heterocycles. The second-order valence-corrected chi connectivity index (χ2v) is 4.54. The minimum atomic E-state index is 0.218. The Labute approximate surface area is 94.5 Å². The highest BCUT2D eigenvalue weighted by Gasteiger charge is 2.06. The molecule has 84 valence electrons. The van der Waals surface area contributed by atoms with Gasteiger partial charge in [-0.3, -0.25) is 0 Å². The van der Waals surface area contributed by atoms with Crippen molar-refractivity contribution >= 4 is 17.7 Å². The van der Waals surface area contributed by atoms with Crippen molar-refractivity contribution in [1.29, 1.82) is 0 Å². The lowest BCUT2D eigenvalue weighted by atomic mass is 10.2. The summed E-state index contributed by atoms with van der Waals surface area (Å²) in [5.41, 5.74) is 1.07. The van der Waals surface area contributed by atoms with Crippen LogP contribution in [0.3, 0.4) is 0 Å². The average Bonchev–Trinajstić information content (AvgIpc) is 2.27. The van der Waals surface area contributed by atoms with E-state index in [1.165, 1.54) is 0 Å². The Balaban J connectivity index is 2.66. The van der Waals surface area contributed by atoms with Crippen LogP contribution < -0.4 is 5.32 Å². The molecule has 2 N–H and O–H groups in total. The standard InChI is InChI=1S/C10H17N3OS/c1-7(5-14)6-15-9-8(2)4-12-10(11-3)13-9/h4,7,14H,5-6H2,1-3H3,(H,11,12,13). The molecular weight excluding hydrogens is 210 g/mol. The number of aromatic nitrogens is 2. The van der Waals surface area contributed by atoms with Crippen LogP contribution in [0, 0.1) is 12.8 Å². The van der Waals surface area contributed by atoms with Gasteiger partial charge in [-0.25, -0.2) is 9.97 Å². The molecule has 1 rings (SSSR count). The third-order valence-corrected chi connectivity index (χ3v) is 3.39. The molecule has 0 saturated carbocycles. The molecule has 5 heteroatoms. The summed E-state index contributed by atoms with van der Waals surface area (Å²) in [6.45, 7) is 4.23. The molecule has 1 unspecified atom stereocenters. The highest BCUT2D eigenvalue weighted by molar-refractivity contribution is 7.99. The summed E-state index contributed by atoms with van der Waals surface area (Å²) in [5, 5.41) is 12.8. The maximum Gasteiger partial charge on any atom is 0.223 e. The molecule has 0 radical (unpaired) electrons. The van der Waals surface area contributed by atoms with Crippen LogP contribution in [0.25, 0.3) is 0 Å². The van der Waals surface area contributed by atoms with E-state index in [4.69, 9.17) is 5.11 Å². The van der Waals surface area contributed by atoms with Gasteiger partial charge < -0.3 is 10.4 Å². The van der Waals surface area contributed by atoms with Crippen molar-refractivity contribution in [3.05, 3.63) is 11.8 Å². The third kappa shape index (κ3) is 3.68. The molecule has 0 amide bonds. The number of hydrogen-bond donors (Lipinski definition) is 2. The number of nitrogens with zero attached hydrogens (tertiary/aromatic N) is 2. The van der Waals surface area contributed by atoms with Gasteiger partial charge in [0.2, 0.25) is 5.95 Å². The van der Waals surface area contributed by atoms with Crippen molar-refractivity contribution in [2.75, 3.05) is 24.7 Å². The van der Waals surface area contributed by atoms with Crippen LogP contribution in [-0.2, 0) is 0 Å². The third-order valence-electron chi connectivity index (χ3n) is 1.97. The molecule has 1 aromatic heterocycles. The average molecular weight is 227 g/mol. The second-order valence-electron chi connectivity index (χ2n) is 3.53. The van der Waals surface area contributed by atoms with E-state index in [-0.39, 0.29) is 6.61 Å². The summed E-state index contributed by atoms with van der Waals surface area (Å²) in [4.78, 5) is 8.48. The van der Waals surface area contributed by atoms with Gasteiger partial charge in [0.05, 0.1) is 0 Å². The van der Waals surface area contributed by atoms with E-state index in [2.05, 4.69) is 15.3 Å². The Hall–Kier alpha value is -0.810. The largest absolute Gasteiger partial charge is 0.396 e. The first kappa shape index (κ1) is 12.3. The molecule has 15 heavy (non-hydrogen) atoms. The molecule has 0 aromatic carbocycles. The minimum absolute atomic E-state index is 0.218. The summed E-state index contributed by atoms with van der Waals surface area (Å²) < 4.78 is 0. The zero-order chi connectivity index (χ0) is 11.3. The predicted molar refractivity (Wildman–Crippen MR) is 63.3 cm³/mol. The van der Waals surface area contributed by atoms with Crippen LogP contribution in [0.15, 0.2) is 11.2 Å². The maximum atomic E-state index is 8.92. The number of anilines is 1. The van der Waals surface area contributed by atoms with Gasteiger partial charge in [-0.1, -0.05) is 6.92 Å². The SMILES string of the molecule is CNc1ncc(C)c(SCC(C)CO)n1. The summed E-state index contributed by atoms with van der Waals surface area (Å²) in [5.74, 6) is 1.81. The Morgan fingerprint density at radius 3 is 2.93 bits per heavy atom. The van der Waals surface area contributed by atoms with Crippen molar-refractivity contribution in [2.45, 2.75) is 18.9 Å². The van der Waals surface area contributed by atoms with Crippen LogP contribution >= 0.6 is 11.8 Å². The number of nitrogens with one attached hydrogen (secondary N) is 1. The molecule has 0 bridgehead atoms. The van der Waals surface area contributed by atoms with Crippen molar-refractivity contribution in [1.82, 2.24) is 9.97 Å². The molecule has 1 atom stereocenters. The monoisotopic (exact) mass is 227 g/mol. The number of thioether (sulfide) groups is 1. The second kappa shape index (κ2) is 5.92. The smallest absolute Gasteiger partial charge is 0.223 e. The molecule has 0 saturated heterocycles. The zero-order valence-corrected chi connectivity index (χ0v) is 10.1. The highest BCUT2D eigenvalue weighted by Crippen LogP contribution is 2.22. The minimum Gasteiger partial charge on any atom is -0.396 e. The first-order valence-corrected chi connectivity index (χ1v) is 5.91. The van der Waals surface area contributed by atoms with Gasteiger partial charge in [-0.15, -0.1) is 11.8 Å². The number of aliphatic hydroxyl groups is 1. The number of hydrogen-bond acceptors (Lipinski definition) is 5. The topological polar surface area (TPSA) is 58.0 Å². The lowest BCUT2D eigenvalue weighted by molar-refractivity contribution is 0.250. The van der Waals surface area contributed by atoms with E-state index in [1.54, 1.807) is 18.8 Å². The van der Waals surface area contributed by atoms with Crippen molar-refractivity contribution in [3.63, 3.8) is 0 Å². The van der Waals surface area contributed by atoms with E-state index in [9.17, 15) is 0 Å². The van der Waals surface area contributed by atoms with Crippen molar-refractivity contribution in [2.24, 2.45) is 5.92 Å². The first-order chi connectivity index (χ1) is 7.17. The molecule has 0 aliphatic carbocycles. The van der Waals surface area contributed by atoms with E-state index in [0.29, 0.717) is 11.9 Å². The lowest BCUT2D eigenvalue weighted by Gasteiger charge is -2.09. The van der Waals surface area contributed by atoms with Crippen molar-refractivity contribution in [3.8, 4) is 0 Å². The number of aliphatic hydroxyl groups excluding tert-OH is 1. The summed E-state index contributed by atoms with van der Waals surface area (Å²) in [6.07, 6.45) is 1.81. The van der Waals surface area contributed by atoms with Crippen LogP contribution in [0.2, 0.25) is 0 Å². The molecule has 0 spiro atoms.